The maximum Gasteiger partial charge on any atom is 0.267 e. The third kappa shape index (κ3) is 3.19. The normalized spacial score (nSPS) is 16.1. The number of carbonyl (C=O) groups is 2. The quantitative estimate of drug-likeness (QED) is 0.920. The first-order valence-corrected chi connectivity index (χ1v) is 7.25. The van der Waals surface area contributed by atoms with Crippen LogP contribution in [0.3, 0.4) is 0 Å². The van der Waals surface area contributed by atoms with Crippen molar-refractivity contribution in [3.63, 3.8) is 0 Å². The van der Waals surface area contributed by atoms with Crippen molar-refractivity contribution in [2.24, 2.45) is 0 Å². The van der Waals surface area contributed by atoms with Crippen LogP contribution in [-0.4, -0.2) is 24.5 Å². The third-order valence-corrected chi connectivity index (χ3v) is 3.58. The van der Waals surface area contributed by atoms with Gasteiger partial charge in [0.1, 0.15) is 17.4 Å². The van der Waals surface area contributed by atoms with Gasteiger partial charge in [0, 0.05) is 18.7 Å². The summed E-state index contributed by atoms with van der Waals surface area (Å²) in [5.41, 5.74) is 0.556. The second-order valence-electron chi connectivity index (χ2n) is 5.35. The summed E-state index contributed by atoms with van der Waals surface area (Å²) in [5.74, 6) is -2.04. The van der Waals surface area contributed by atoms with Crippen LogP contribution in [0.2, 0.25) is 0 Å². The highest BCUT2D eigenvalue weighted by atomic mass is 19.1. The lowest BCUT2D eigenvalue weighted by atomic mass is 10.1. The van der Waals surface area contributed by atoms with Crippen LogP contribution in [0.4, 0.5) is 20.2 Å². The summed E-state index contributed by atoms with van der Waals surface area (Å²) in [6, 6.07) is 9.55. The van der Waals surface area contributed by atoms with E-state index in [1.54, 1.807) is 24.3 Å². The molecule has 5 nitrogen and oxygen atoms in total. The number of ether oxygens (including phenoxy) is 1. The number of hydrogen-bond acceptors (Lipinski definition) is 3. The van der Waals surface area contributed by atoms with E-state index in [-0.39, 0.29) is 18.1 Å². The number of amides is 2. The maximum atomic E-state index is 13.2. The Morgan fingerprint density at radius 3 is 2.50 bits per heavy atom. The smallest absolute Gasteiger partial charge is 0.267 e. The summed E-state index contributed by atoms with van der Waals surface area (Å²) in [7, 11) is 0. The molecule has 1 aliphatic heterocycles. The number of nitrogens with zero attached hydrogens (tertiary/aromatic N) is 1. The summed E-state index contributed by atoms with van der Waals surface area (Å²) in [6.07, 6.45) is -0.991. The lowest BCUT2D eigenvalue weighted by Gasteiger charge is -2.33. The van der Waals surface area contributed by atoms with Gasteiger partial charge < -0.3 is 15.0 Å². The van der Waals surface area contributed by atoms with Gasteiger partial charge in [-0.1, -0.05) is 12.1 Å². The molecule has 1 atom stereocenters. The molecule has 0 radical (unpaired) electrons. The highest BCUT2D eigenvalue weighted by Gasteiger charge is 2.32. The molecule has 0 fully saturated rings. The Kier molecular flexibility index (Phi) is 4.16. The largest absolute Gasteiger partial charge is 0.476 e. The SMILES string of the molecule is CC(=O)N1C[C@H](C(=O)Nc2cc(F)cc(F)c2)Oc2ccccc21. The van der Waals surface area contributed by atoms with Gasteiger partial charge in [0.2, 0.25) is 5.91 Å². The lowest BCUT2D eigenvalue weighted by Crippen LogP contribution is -2.48. The average Bonchev–Trinajstić information content (AvgIpc) is 2.52. The average molecular weight is 332 g/mol. The molecule has 1 aliphatic rings. The molecule has 0 aromatic heterocycles. The predicted molar refractivity (Wildman–Crippen MR) is 83.9 cm³/mol. The zero-order chi connectivity index (χ0) is 17.3. The molecule has 0 aliphatic carbocycles. The minimum atomic E-state index is -0.991. The van der Waals surface area contributed by atoms with Crippen molar-refractivity contribution in [3.05, 3.63) is 54.1 Å². The second kappa shape index (κ2) is 6.27. The zero-order valence-electron chi connectivity index (χ0n) is 12.8. The van der Waals surface area contributed by atoms with Crippen molar-refractivity contribution in [1.82, 2.24) is 0 Å². The van der Waals surface area contributed by atoms with Crippen molar-refractivity contribution >= 4 is 23.2 Å². The van der Waals surface area contributed by atoms with Gasteiger partial charge in [-0.3, -0.25) is 9.59 Å². The second-order valence-corrected chi connectivity index (χ2v) is 5.35. The summed E-state index contributed by atoms with van der Waals surface area (Å²) >= 11 is 0. The summed E-state index contributed by atoms with van der Waals surface area (Å²) in [6.45, 7) is 1.40. The summed E-state index contributed by atoms with van der Waals surface area (Å²) in [4.78, 5) is 25.6. The van der Waals surface area contributed by atoms with Gasteiger partial charge in [0.25, 0.3) is 5.91 Å². The standard InChI is InChI=1S/C17H14F2N2O3/c1-10(22)21-9-16(24-15-5-3-2-4-14(15)21)17(23)20-13-7-11(18)6-12(19)8-13/h2-8,16H,9H2,1H3,(H,20,23)/t16-/m1/s1. The fourth-order valence-corrected chi connectivity index (χ4v) is 2.52. The molecule has 2 aromatic carbocycles. The van der Waals surface area contributed by atoms with Gasteiger partial charge >= 0.3 is 0 Å². The first-order valence-electron chi connectivity index (χ1n) is 7.25. The lowest BCUT2D eigenvalue weighted by molar-refractivity contribution is -0.123. The number of anilines is 2. The maximum absolute atomic E-state index is 13.2. The van der Waals surface area contributed by atoms with Crippen molar-refractivity contribution in [2.45, 2.75) is 13.0 Å². The molecule has 124 valence electrons. The van der Waals surface area contributed by atoms with E-state index in [0.29, 0.717) is 17.5 Å². The van der Waals surface area contributed by atoms with Crippen LogP contribution in [-0.2, 0) is 9.59 Å². The van der Waals surface area contributed by atoms with Crippen molar-refractivity contribution in [2.75, 3.05) is 16.8 Å². The van der Waals surface area contributed by atoms with Crippen LogP contribution in [0.25, 0.3) is 0 Å². The van der Waals surface area contributed by atoms with E-state index in [1.165, 1.54) is 11.8 Å². The highest BCUT2D eigenvalue weighted by molar-refractivity contribution is 5.99. The molecule has 0 saturated heterocycles. The fraction of sp³-hybridized carbons (Fsp3) is 0.176. The van der Waals surface area contributed by atoms with Gasteiger partial charge in [-0.2, -0.15) is 0 Å². The molecule has 7 heteroatoms. The molecule has 24 heavy (non-hydrogen) atoms. The fourth-order valence-electron chi connectivity index (χ4n) is 2.52. The van der Waals surface area contributed by atoms with Crippen LogP contribution in [0.1, 0.15) is 6.92 Å². The van der Waals surface area contributed by atoms with Gasteiger partial charge in [-0.05, 0) is 24.3 Å². The van der Waals surface area contributed by atoms with Crippen LogP contribution in [0.5, 0.6) is 5.75 Å². The minimum Gasteiger partial charge on any atom is -0.476 e. The molecule has 0 spiro atoms. The number of para-hydroxylation sites is 2. The van der Waals surface area contributed by atoms with Crippen LogP contribution < -0.4 is 15.0 Å². The molecule has 0 unspecified atom stereocenters. The summed E-state index contributed by atoms with van der Waals surface area (Å²) < 4.78 is 32.0. The van der Waals surface area contributed by atoms with E-state index in [4.69, 9.17) is 4.74 Å². The molecular formula is C17H14F2N2O3. The Bertz CT molecular complexity index is 790. The van der Waals surface area contributed by atoms with Gasteiger partial charge in [0.05, 0.1) is 12.2 Å². The topological polar surface area (TPSA) is 58.6 Å². The van der Waals surface area contributed by atoms with Crippen LogP contribution >= 0.6 is 0 Å². The van der Waals surface area contributed by atoms with Gasteiger partial charge in [-0.25, -0.2) is 8.78 Å². The monoisotopic (exact) mass is 332 g/mol. The molecule has 1 N–H and O–H groups in total. The molecule has 0 saturated carbocycles. The number of rotatable bonds is 2. The zero-order valence-corrected chi connectivity index (χ0v) is 12.8. The van der Waals surface area contributed by atoms with E-state index < -0.39 is 23.6 Å². The first-order chi connectivity index (χ1) is 11.4. The minimum absolute atomic E-state index is 0.00990. The van der Waals surface area contributed by atoms with Gasteiger partial charge in [-0.15, -0.1) is 0 Å². The van der Waals surface area contributed by atoms with Crippen molar-refractivity contribution in [3.8, 4) is 5.75 Å². The number of nitrogens with one attached hydrogen (secondary N) is 1. The first kappa shape index (κ1) is 15.9. The van der Waals surface area contributed by atoms with E-state index in [1.807, 2.05) is 0 Å². The van der Waals surface area contributed by atoms with Gasteiger partial charge in [0.15, 0.2) is 6.10 Å². The summed E-state index contributed by atoms with van der Waals surface area (Å²) in [5, 5.41) is 2.40. The van der Waals surface area contributed by atoms with Crippen LogP contribution in [0, 0.1) is 11.6 Å². The highest BCUT2D eigenvalue weighted by Crippen LogP contribution is 2.33. The molecule has 2 amide bonds. The van der Waals surface area contributed by atoms with Crippen LogP contribution in [0.15, 0.2) is 42.5 Å². The Hall–Kier alpha value is -2.96. The Morgan fingerprint density at radius 2 is 1.83 bits per heavy atom. The molecule has 2 aromatic rings. The van der Waals surface area contributed by atoms with E-state index >= 15 is 0 Å². The predicted octanol–water partition coefficient (Wildman–Crippen LogP) is 2.72. The number of hydrogen-bond donors (Lipinski definition) is 1. The number of halogens is 2. The van der Waals surface area contributed by atoms with E-state index in [2.05, 4.69) is 5.32 Å². The number of fused-ring (bicyclic) bond motifs is 1. The molecule has 3 rings (SSSR count). The number of carbonyl (C=O) groups excluding carboxylic acids is 2. The molecular weight excluding hydrogens is 318 g/mol. The third-order valence-electron chi connectivity index (χ3n) is 3.58. The number of benzene rings is 2. The Balaban J connectivity index is 1.82. The van der Waals surface area contributed by atoms with E-state index in [0.717, 1.165) is 12.1 Å². The van der Waals surface area contributed by atoms with E-state index in [9.17, 15) is 18.4 Å². The Morgan fingerprint density at radius 1 is 1.17 bits per heavy atom. The molecule has 1 heterocycles. The van der Waals surface area contributed by atoms with Crippen molar-refractivity contribution < 1.29 is 23.1 Å². The van der Waals surface area contributed by atoms with Crippen molar-refractivity contribution in [1.29, 1.82) is 0 Å². The Labute approximate surface area is 136 Å². The molecule has 0 bridgehead atoms.